The number of hydrogen-bond acceptors (Lipinski definition) is 3. The third-order valence-electron chi connectivity index (χ3n) is 3.12. The third kappa shape index (κ3) is 3.02. The number of rotatable bonds is 5. The monoisotopic (exact) mass is 290 g/mol. The molecule has 0 saturated carbocycles. The summed E-state index contributed by atoms with van der Waals surface area (Å²) in [4.78, 5) is 0.561. The summed E-state index contributed by atoms with van der Waals surface area (Å²) < 4.78 is 30.1. The van der Waals surface area contributed by atoms with Crippen LogP contribution in [0.5, 0.6) is 5.75 Å². The van der Waals surface area contributed by atoms with Gasteiger partial charge in [-0.15, -0.1) is 0 Å². The molecule has 0 bridgehead atoms. The van der Waals surface area contributed by atoms with E-state index >= 15 is 0 Å². The third-order valence-corrected chi connectivity index (χ3v) is 4.89. The van der Waals surface area contributed by atoms with Gasteiger partial charge in [-0.05, 0) is 42.3 Å². The first-order valence-corrected chi connectivity index (χ1v) is 8.04. The topological polar surface area (TPSA) is 43.4 Å². The zero-order valence-electron chi connectivity index (χ0n) is 11.7. The second-order valence-corrected chi connectivity index (χ2v) is 6.53. The van der Waals surface area contributed by atoms with Crippen molar-refractivity contribution in [3.05, 3.63) is 54.1 Å². The predicted octanol–water partition coefficient (Wildman–Crippen LogP) is 3.48. The average Bonchev–Trinajstić information content (AvgIpc) is 2.48. The smallest absolute Gasteiger partial charge is 0.206 e. The van der Waals surface area contributed by atoms with Gasteiger partial charge in [0.1, 0.15) is 5.75 Å². The van der Waals surface area contributed by atoms with Crippen molar-refractivity contribution in [1.29, 1.82) is 0 Å². The molecule has 0 unspecified atom stereocenters. The molecule has 4 heteroatoms. The van der Waals surface area contributed by atoms with Crippen LogP contribution in [0.25, 0.3) is 0 Å². The van der Waals surface area contributed by atoms with Crippen LogP contribution >= 0.6 is 0 Å². The first kappa shape index (κ1) is 14.6. The van der Waals surface area contributed by atoms with Gasteiger partial charge in [-0.25, -0.2) is 8.42 Å². The molecular formula is C16H18O3S. The second-order valence-electron chi connectivity index (χ2n) is 4.58. The van der Waals surface area contributed by atoms with E-state index in [0.717, 1.165) is 18.4 Å². The molecular weight excluding hydrogens is 272 g/mol. The molecule has 106 valence electrons. The van der Waals surface area contributed by atoms with E-state index in [1.165, 1.54) is 13.2 Å². The lowest BCUT2D eigenvalue weighted by molar-refractivity contribution is 0.413. The number of benzene rings is 2. The van der Waals surface area contributed by atoms with E-state index < -0.39 is 9.84 Å². The fourth-order valence-corrected chi connectivity index (χ4v) is 3.32. The molecule has 0 spiro atoms. The van der Waals surface area contributed by atoms with Crippen LogP contribution in [0.4, 0.5) is 0 Å². The molecule has 0 aliphatic heterocycles. The Bertz CT molecular complexity index is 673. The Morgan fingerprint density at radius 2 is 1.70 bits per heavy atom. The van der Waals surface area contributed by atoms with Gasteiger partial charge in [0, 0.05) is 0 Å². The van der Waals surface area contributed by atoms with E-state index in [1.54, 1.807) is 30.3 Å². The van der Waals surface area contributed by atoms with Gasteiger partial charge < -0.3 is 4.74 Å². The van der Waals surface area contributed by atoms with Gasteiger partial charge in [0.05, 0.1) is 16.9 Å². The molecule has 0 aromatic heterocycles. The highest BCUT2D eigenvalue weighted by molar-refractivity contribution is 7.91. The molecule has 2 rings (SSSR count). The molecule has 2 aromatic rings. The fraction of sp³-hybridized carbons (Fsp3) is 0.250. The molecule has 0 saturated heterocycles. The Morgan fingerprint density at radius 3 is 2.30 bits per heavy atom. The van der Waals surface area contributed by atoms with E-state index in [0.29, 0.717) is 10.6 Å². The van der Waals surface area contributed by atoms with Gasteiger partial charge in [0.25, 0.3) is 0 Å². The first-order chi connectivity index (χ1) is 9.57. The van der Waals surface area contributed by atoms with Gasteiger partial charge in [0.15, 0.2) is 0 Å². The predicted molar refractivity (Wildman–Crippen MR) is 78.9 cm³/mol. The Labute approximate surface area is 120 Å². The van der Waals surface area contributed by atoms with Crippen molar-refractivity contribution in [1.82, 2.24) is 0 Å². The summed E-state index contributed by atoms with van der Waals surface area (Å²) in [5.74, 6) is 0.536. The second kappa shape index (κ2) is 6.09. The van der Waals surface area contributed by atoms with E-state index in [9.17, 15) is 8.42 Å². The molecule has 0 heterocycles. The van der Waals surface area contributed by atoms with Crippen LogP contribution in [0.1, 0.15) is 18.9 Å². The van der Waals surface area contributed by atoms with Crippen LogP contribution in [0.2, 0.25) is 0 Å². The molecule has 0 atom stereocenters. The zero-order chi connectivity index (χ0) is 14.6. The molecule has 3 nitrogen and oxygen atoms in total. The summed E-state index contributed by atoms with van der Waals surface area (Å²) >= 11 is 0. The molecule has 0 amide bonds. The normalized spacial score (nSPS) is 11.3. The number of aryl methyl sites for hydroxylation is 1. The van der Waals surface area contributed by atoms with Crippen molar-refractivity contribution in [3.63, 3.8) is 0 Å². The molecule has 20 heavy (non-hydrogen) atoms. The Hall–Kier alpha value is -1.81. The molecule has 0 fully saturated rings. The molecule has 2 aromatic carbocycles. The Kier molecular flexibility index (Phi) is 4.45. The van der Waals surface area contributed by atoms with Crippen LogP contribution in [0.3, 0.4) is 0 Å². The van der Waals surface area contributed by atoms with Crippen molar-refractivity contribution in [2.45, 2.75) is 29.6 Å². The van der Waals surface area contributed by atoms with Crippen molar-refractivity contribution in [2.75, 3.05) is 7.11 Å². The van der Waals surface area contributed by atoms with Crippen molar-refractivity contribution >= 4 is 9.84 Å². The van der Waals surface area contributed by atoms with Crippen molar-refractivity contribution in [2.24, 2.45) is 0 Å². The quantitative estimate of drug-likeness (QED) is 0.846. The van der Waals surface area contributed by atoms with E-state index in [-0.39, 0.29) is 4.90 Å². The molecule has 0 radical (unpaired) electrons. The van der Waals surface area contributed by atoms with Crippen molar-refractivity contribution < 1.29 is 13.2 Å². The average molecular weight is 290 g/mol. The van der Waals surface area contributed by atoms with Gasteiger partial charge in [-0.3, -0.25) is 0 Å². The summed E-state index contributed by atoms with van der Waals surface area (Å²) in [6.07, 6.45) is 2.00. The summed E-state index contributed by atoms with van der Waals surface area (Å²) in [5.41, 5.74) is 1.15. The van der Waals surface area contributed by atoms with Crippen LogP contribution < -0.4 is 4.74 Å². The minimum atomic E-state index is -3.48. The highest BCUT2D eigenvalue weighted by Crippen LogP contribution is 2.24. The highest BCUT2D eigenvalue weighted by Gasteiger charge is 2.17. The number of hydrogen-bond donors (Lipinski definition) is 0. The summed E-state index contributed by atoms with van der Waals surface area (Å²) in [6.45, 7) is 2.10. The highest BCUT2D eigenvalue weighted by atomic mass is 32.2. The lowest BCUT2D eigenvalue weighted by atomic mass is 10.1. The molecule has 0 N–H and O–H groups in total. The van der Waals surface area contributed by atoms with Gasteiger partial charge in [0.2, 0.25) is 9.84 Å². The van der Waals surface area contributed by atoms with Crippen LogP contribution in [0, 0.1) is 0 Å². The maximum Gasteiger partial charge on any atom is 0.206 e. The van der Waals surface area contributed by atoms with Crippen LogP contribution in [0.15, 0.2) is 58.3 Å². The van der Waals surface area contributed by atoms with Crippen molar-refractivity contribution in [3.8, 4) is 5.75 Å². The maximum absolute atomic E-state index is 12.5. The van der Waals surface area contributed by atoms with E-state index in [1.807, 2.05) is 12.1 Å². The minimum Gasteiger partial charge on any atom is -0.497 e. The lowest BCUT2D eigenvalue weighted by Gasteiger charge is -2.07. The van der Waals surface area contributed by atoms with Gasteiger partial charge in [-0.1, -0.05) is 31.5 Å². The number of sulfone groups is 1. The lowest BCUT2D eigenvalue weighted by Crippen LogP contribution is -2.02. The van der Waals surface area contributed by atoms with Crippen LogP contribution in [-0.2, 0) is 16.3 Å². The van der Waals surface area contributed by atoms with Gasteiger partial charge in [-0.2, -0.15) is 0 Å². The SMILES string of the molecule is CCCc1ccc(S(=O)(=O)c2cccc(OC)c2)cc1. The van der Waals surface area contributed by atoms with E-state index in [4.69, 9.17) is 4.74 Å². The summed E-state index contributed by atoms with van der Waals surface area (Å²) in [5, 5.41) is 0. The largest absolute Gasteiger partial charge is 0.497 e. The minimum absolute atomic E-state index is 0.250. The Balaban J connectivity index is 2.38. The number of ether oxygens (including phenoxy) is 1. The number of methoxy groups -OCH3 is 1. The molecule has 0 aliphatic rings. The Morgan fingerprint density at radius 1 is 1.00 bits per heavy atom. The summed E-state index contributed by atoms with van der Waals surface area (Å²) in [6, 6.07) is 13.6. The van der Waals surface area contributed by atoms with Crippen LogP contribution in [-0.4, -0.2) is 15.5 Å². The van der Waals surface area contributed by atoms with Gasteiger partial charge >= 0.3 is 0 Å². The summed E-state index contributed by atoms with van der Waals surface area (Å²) in [7, 11) is -1.96. The maximum atomic E-state index is 12.5. The first-order valence-electron chi connectivity index (χ1n) is 6.56. The molecule has 0 aliphatic carbocycles. The zero-order valence-corrected chi connectivity index (χ0v) is 12.5. The van der Waals surface area contributed by atoms with E-state index in [2.05, 4.69) is 6.92 Å². The standard InChI is InChI=1S/C16H18O3S/c1-3-5-13-8-10-15(11-9-13)20(17,18)16-7-4-6-14(12-16)19-2/h4,6-12H,3,5H2,1-2H3. The fourth-order valence-electron chi connectivity index (χ4n) is 2.03.